The van der Waals surface area contributed by atoms with Gasteiger partial charge in [-0.1, -0.05) is 38.8 Å². The normalized spacial score (nSPS) is 15.7. The van der Waals surface area contributed by atoms with E-state index in [9.17, 15) is 9.18 Å². The topological polar surface area (TPSA) is 49.3 Å². The predicted molar refractivity (Wildman–Crippen MR) is 109 cm³/mol. The minimum absolute atomic E-state index is 0.124. The van der Waals surface area contributed by atoms with Gasteiger partial charge in [-0.25, -0.2) is 14.4 Å². The number of piperazine rings is 1. The minimum Gasteiger partial charge on any atom is -0.339 e. The molecule has 3 rings (SSSR count). The van der Waals surface area contributed by atoms with E-state index in [1.807, 2.05) is 17.0 Å². The van der Waals surface area contributed by atoms with Crippen LogP contribution in [0.5, 0.6) is 0 Å². The highest BCUT2D eigenvalue weighted by atomic mass is 19.1. The summed E-state index contributed by atoms with van der Waals surface area (Å²) >= 11 is 0. The van der Waals surface area contributed by atoms with Gasteiger partial charge in [-0.2, -0.15) is 0 Å². The van der Waals surface area contributed by atoms with Gasteiger partial charge in [-0.3, -0.25) is 4.79 Å². The molecule has 1 atom stereocenters. The molecule has 28 heavy (non-hydrogen) atoms. The van der Waals surface area contributed by atoms with Crippen molar-refractivity contribution in [2.24, 2.45) is 5.92 Å². The summed E-state index contributed by atoms with van der Waals surface area (Å²) in [5.74, 6) is 1.19. The number of aromatic nitrogens is 2. The van der Waals surface area contributed by atoms with Crippen LogP contribution in [0.3, 0.4) is 0 Å². The molecule has 1 amide bonds. The molecule has 1 aromatic heterocycles. The fourth-order valence-corrected chi connectivity index (χ4v) is 4.05. The van der Waals surface area contributed by atoms with Gasteiger partial charge in [0, 0.05) is 45.0 Å². The molecular weight excluding hydrogens is 355 g/mol. The highest BCUT2D eigenvalue weighted by Gasteiger charge is 2.28. The van der Waals surface area contributed by atoms with Gasteiger partial charge in [0.15, 0.2) is 0 Å². The third-order valence-electron chi connectivity index (χ3n) is 5.78. The van der Waals surface area contributed by atoms with Crippen LogP contribution < -0.4 is 4.90 Å². The monoisotopic (exact) mass is 384 g/mol. The van der Waals surface area contributed by atoms with Crippen molar-refractivity contribution < 1.29 is 9.18 Å². The zero-order valence-corrected chi connectivity index (χ0v) is 16.7. The second kappa shape index (κ2) is 9.62. The van der Waals surface area contributed by atoms with Crippen LogP contribution in [0, 0.1) is 11.7 Å². The Morgan fingerprint density at radius 1 is 1.04 bits per heavy atom. The number of carbonyl (C=O) groups is 1. The van der Waals surface area contributed by atoms with Gasteiger partial charge >= 0.3 is 0 Å². The van der Waals surface area contributed by atoms with Crippen molar-refractivity contribution >= 4 is 11.9 Å². The Balaban J connectivity index is 1.64. The first-order chi connectivity index (χ1) is 13.6. The van der Waals surface area contributed by atoms with Crippen molar-refractivity contribution in [2.45, 2.75) is 39.0 Å². The van der Waals surface area contributed by atoms with Crippen LogP contribution in [0.4, 0.5) is 10.3 Å². The van der Waals surface area contributed by atoms with Gasteiger partial charge < -0.3 is 9.80 Å². The van der Waals surface area contributed by atoms with E-state index < -0.39 is 0 Å². The van der Waals surface area contributed by atoms with Crippen LogP contribution in [-0.2, 0) is 4.79 Å². The molecule has 5 nitrogen and oxygen atoms in total. The number of amides is 1. The molecule has 1 fully saturated rings. The predicted octanol–water partition coefficient (Wildman–Crippen LogP) is 3.87. The maximum atomic E-state index is 13.4. The molecule has 0 saturated carbocycles. The van der Waals surface area contributed by atoms with E-state index in [1.54, 1.807) is 18.5 Å². The van der Waals surface area contributed by atoms with Crippen LogP contribution >= 0.6 is 0 Å². The van der Waals surface area contributed by atoms with E-state index in [0.717, 1.165) is 37.4 Å². The van der Waals surface area contributed by atoms with E-state index >= 15 is 0 Å². The molecule has 150 valence electrons. The van der Waals surface area contributed by atoms with E-state index in [4.69, 9.17) is 0 Å². The van der Waals surface area contributed by atoms with Gasteiger partial charge in [0.1, 0.15) is 5.82 Å². The number of halogens is 1. The maximum absolute atomic E-state index is 13.4. The Morgan fingerprint density at radius 3 is 2.21 bits per heavy atom. The lowest BCUT2D eigenvalue weighted by Gasteiger charge is -2.36. The molecule has 0 spiro atoms. The molecule has 2 heterocycles. The fraction of sp³-hybridized carbons (Fsp3) is 0.500. The van der Waals surface area contributed by atoms with Gasteiger partial charge in [0.25, 0.3) is 0 Å². The van der Waals surface area contributed by atoms with Crippen LogP contribution in [-0.4, -0.2) is 47.0 Å². The molecule has 1 aliphatic heterocycles. The zero-order chi connectivity index (χ0) is 19.9. The molecule has 0 N–H and O–H groups in total. The molecule has 1 saturated heterocycles. The minimum atomic E-state index is -0.238. The first-order valence-corrected chi connectivity index (χ1v) is 10.2. The fourth-order valence-electron chi connectivity index (χ4n) is 4.05. The average molecular weight is 384 g/mol. The Morgan fingerprint density at radius 2 is 1.64 bits per heavy atom. The third-order valence-corrected chi connectivity index (χ3v) is 5.78. The van der Waals surface area contributed by atoms with Gasteiger partial charge in [0.2, 0.25) is 11.9 Å². The molecule has 2 aromatic rings. The second-order valence-corrected chi connectivity index (χ2v) is 7.36. The lowest BCUT2D eigenvalue weighted by molar-refractivity contribution is -0.132. The molecule has 1 unspecified atom stereocenters. The van der Waals surface area contributed by atoms with Gasteiger partial charge in [0.05, 0.1) is 0 Å². The quantitative estimate of drug-likeness (QED) is 0.727. The maximum Gasteiger partial charge on any atom is 0.225 e. The number of benzene rings is 1. The summed E-state index contributed by atoms with van der Waals surface area (Å²) in [5.41, 5.74) is 1.06. The van der Waals surface area contributed by atoms with Crippen molar-refractivity contribution in [1.29, 1.82) is 0 Å². The molecule has 0 bridgehead atoms. The van der Waals surface area contributed by atoms with E-state index in [2.05, 4.69) is 28.7 Å². The second-order valence-electron chi connectivity index (χ2n) is 7.36. The zero-order valence-electron chi connectivity index (χ0n) is 16.7. The van der Waals surface area contributed by atoms with Crippen molar-refractivity contribution in [3.05, 3.63) is 54.1 Å². The van der Waals surface area contributed by atoms with Crippen molar-refractivity contribution in [3.63, 3.8) is 0 Å². The molecule has 0 aliphatic carbocycles. The van der Waals surface area contributed by atoms with Crippen LogP contribution in [0.25, 0.3) is 0 Å². The molecule has 6 heteroatoms. The summed E-state index contributed by atoms with van der Waals surface area (Å²) in [6, 6.07) is 8.45. The summed E-state index contributed by atoms with van der Waals surface area (Å²) in [6.07, 6.45) is 5.96. The Kier molecular flexibility index (Phi) is 6.95. The standard InChI is InChI=1S/C22H29FN4O/c1-3-17(4-2)20(18-6-8-19(23)9-7-18)16-21(28)26-12-14-27(15-13-26)22-24-10-5-11-25-22/h5-11,17,20H,3-4,12-16H2,1-2H3. The molecule has 0 radical (unpaired) electrons. The lowest BCUT2D eigenvalue weighted by Crippen LogP contribution is -2.49. The van der Waals surface area contributed by atoms with E-state index in [-0.39, 0.29) is 17.6 Å². The smallest absolute Gasteiger partial charge is 0.225 e. The number of hydrogen-bond donors (Lipinski definition) is 0. The Labute approximate surface area is 166 Å². The Bertz CT molecular complexity index is 741. The first kappa shape index (κ1) is 20.2. The van der Waals surface area contributed by atoms with Crippen molar-refractivity contribution in [1.82, 2.24) is 14.9 Å². The van der Waals surface area contributed by atoms with Crippen molar-refractivity contribution in [3.8, 4) is 0 Å². The molecule has 1 aromatic carbocycles. The number of carbonyl (C=O) groups excluding carboxylic acids is 1. The highest BCUT2D eigenvalue weighted by Crippen LogP contribution is 2.33. The van der Waals surface area contributed by atoms with E-state index in [1.165, 1.54) is 12.1 Å². The largest absolute Gasteiger partial charge is 0.339 e. The SMILES string of the molecule is CCC(CC)C(CC(=O)N1CCN(c2ncccn2)CC1)c1ccc(F)cc1. The summed E-state index contributed by atoms with van der Waals surface area (Å²) < 4.78 is 13.4. The number of anilines is 1. The van der Waals surface area contributed by atoms with Crippen LogP contribution in [0.1, 0.15) is 44.6 Å². The molecular formula is C22H29FN4O. The lowest BCUT2D eigenvalue weighted by atomic mass is 9.80. The van der Waals surface area contributed by atoms with Crippen LogP contribution in [0.15, 0.2) is 42.7 Å². The third kappa shape index (κ3) is 4.86. The number of hydrogen-bond acceptors (Lipinski definition) is 4. The first-order valence-electron chi connectivity index (χ1n) is 10.2. The summed E-state index contributed by atoms with van der Waals surface area (Å²) in [5, 5.41) is 0. The van der Waals surface area contributed by atoms with Gasteiger partial charge in [-0.05, 0) is 35.6 Å². The average Bonchev–Trinajstić information content (AvgIpc) is 2.75. The van der Waals surface area contributed by atoms with Gasteiger partial charge in [-0.15, -0.1) is 0 Å². The molecule has 1 aliphatic rings. The highest BCUT2D eigenvalue weighted by molar-refractivity contribution is 5.77. The summed E-state index contributed by atoms with van der Waals surface area (Å²) in [4.78, 5) is 25.7. The Hall–Kier alpha value is -2.50. The van der Waals surface area contributed by atoms with Crippen molar-refractivity contribution in [2.75, 3.05) is 31.1 Å². The summed E-state index contributed by atoms with van der Waals surface area (Å²) in [6.45, 7) is 7.15. The van der Waals surface area contributed by atoms with E-state index in [0.29, 0.717) is 25.4 Å². The van der Waals surface area contributed by atoms with Crippen LogP contribution in [0.2, 0.25) is 0 Å². The number of rotatable bonds is 7. The summed E-state index contributed by atoms with van der Waals surface area (Å²) in [7, 11) is 0. The number of nitrogens with zero attached hydrogens (tertiary/aromatic N) is 4.